The molecule has 0 bridgehead atoms. The third-order valence-corrected chi connectivity index (χ3v) is 12.1. The molecule has 366 valence electrons. The van der Waals surface area contributed by atoms with E-state index in [0.717, 1.165) is 83.5 Å². The number of rotatable bonds is 48. The van der Waals surface area contributed by atoms with Gasteiger partial charge >= 0.3 is 5.97 Å². The van der Waals surface area contributed by atoms with Crippen molar-refractivity contribution < 1.29 is 24.5 Å². The van der Waals surface area contributed by atoms with E-state index in [1.54, 1.807) is 0 Å². The summed E-state index contributed by atoms with van der Waals surface area (Å²) in [4.78, 5) is 26.2. The molecule has 0 saturated heterocycles. The average Bonchev–Trinajstić information content (AvgIpc) is 3.28. The van der Waals surface area contributed by atoms with E-state index < -0.39 is 18.2 Å². The highest BCUT2D eigenvalue weighted by atomic mass is 16.5. The molecule has 0 fully saturated rings. The maximum atomic E-state index is 13.2. The van der Waals surface area contributed by atoms with Crippen LogP contribution in [0.25, 0.3) is 0 Å². The lowest BCUT2D eigenvalue weighted by molar-refractivity contribution is -0.151. The maximum absolute atomic E-state index is 13.2. The number of esters is 1. The number of nitrogens with one attached hydrogen (secondary N) is 1. The first-order chi connectivity index (χ1) is 31.0. The zero-order chi connectivity index (χ0) is 45.9. The zero-order valence-corrected chi connectivity index (χ0v) is 41.7. The minimum atomic E-state index is -0.799. The van der Waals surface area contributed by atoms with Gasteiger partial charge in [0, 0.05) is 6.42 Å². The number of amides is 1. The second kappa shape index (κ2) is 50.6. The molecule has 3 atom stereocenters. The fourth-order valence-electron chi connectivity index (χ4n) is 8.00. The summed E-state index contributed by atoms with van der Waals surface area (Å²) in [6.45, 7) is 6.34. The number of allylic oxidation sites excluding steroid dienone is 10. The molecule has 3 unspecified atom stereocenters. The molecule has 0 aromatic rings. The number of unbranched alkanes of at least 4 members (excludes halogenated alkanes) is 26. The van der Waals surface area contributed by atoms with Crippen LogP contribution >= 0.6 is 0 Å². The quantitative estimate of drug-likeness (QED) is 0.0321. The molecule has 0 heterocycles. The van der Waals surface area contributed by atoms with Crippen molar-refractivity contribution in [3.8, 4) is 0 Å². The summed E-state index contributed by atoms with van der Waals surface area (Å²) < 4.78 is 5.92. The fraction of sp³-hybridized carbons (Fsp3) is 0.789. The first kappa shape index (κ1) is 60.6. The van der Waals surface area contributed by atoms with Gasteiger partial charge in [0.2, 0.25) is 5.91 Å². The van der Waals surface area contributed by atoms with Gasteiger partial charge < -0.3 is 20.3 Å². The van der Waals surface area contributed by atoms with E-state index in [0.29, 0.717) is 19.3 Å². The highest BCUT2D eigenvalue weighted by Crippen LogP contribution is 2.17. The van der Waals surface area contributed by atoms with E-state index in [9.17, 15) is 19.8 Å². The van der Waals surface area contributed by atoms with Crippen LogP contribution in [-0.4, -0.2) is 46.9 Å². The Morgan fingerprint density at radius 2 is 0.857 bits per heavy atom. The summed E-state index contributed by atoms with van der Waals surface area (Å²) >= 11 is 0. The van der Waals surface area contributed by atoms with E-state index >= 15 is 0 Å². The monoisotopic (exact) mass is 882 g/mol. The molecule has 6 heteroatoms. The van der Waals surface area contributed by atoms with Crippen molar-refractivity contribution in [1.29, 1.82) is 0 Å². The standard InChI is InChI=1S/C57H103NO5/c1-4-7-10-13-16-19-22-25-26-27-28-29-30-32-35-38-41-44-47-50-57(62)63-53(48-45-42-39-36-33-24-21-18-15-12-9-6-3)51-56(61)58-54(52-59)55(60)49-46-43-40-37-34-31-23-20-17-14-11-8-5-2/h9,12,16,18-19,21,25-26,33,36,53-55,59-60H,4-8,10-11,13-15,17,20,22-24,27-32,34-35,37-52H2,1-3H3,(H,58,61)/b12-9+,19-16-,21-18+,26-25-,36-33+. The average molecular weight is 882 g/mol. The van der Waals surface area contributed by atoms with Crippen LogP contribution < -0.4 is 5.32 Å². The lowest BCUT2D eigenvalue weighted by Crippen LogP contribution is -2.46. The summed E-state index contributed by atoms with van der Waals surface area (Å²) in [5.41, 5.74) is 0. The van der Waals surface area contributed by atoms with E-state index in [4.69, 9.17) is 4.74 Å². The summed E-state index contributed by atoms with van der Waals surface area (Å²) in [6.07, 6.45) is 62.9. The van der Waals surface area contributed by atoms with Gasteiger partial charge in [-0.05, 0) is 89.9 Å². The van der Waals surface area contributed by atoms with Gasteiger partial charge in [-0.2, -0.15) is 0 Å². The van der Waals surface area contributed by atoms with Gasteiger partial charge in [-0.15, -0.1) is 0 Å². The zero-order valence-electron chi connectivity index (χ0n) is 41.7. The van der Waals surface area contributed by atoms with Crippen LogP contribution in [-0.2, 0) is 14.3 Å². The summed E-state index contributed by atoms with van der Waals surface area (Å²) in [6, 6.07) is -0.715. The third-order valence-electron chi connectivity index (χ3n) is 12.1. The molecular weight excluding hydrogens is 779 g/mol. The highest BCUT2D eigenvalue weighted by Gasteiger charge is 2.24. The topological polar surface area (TPSA) is 95.9 Å². The van der Waals surface area contributed by atoms with Crippen LogP contribution in [0.15, 0.2) is 60.8 Å². The Labute approximate surface area is 390 Å². The van der Waals surface area contributed by atoms with Gasteiger partial charge in [-0.25, -0.2) is 0 Å². The van der Waals surface area contributed by atoms with Crippen molar-refractivity contribution in [3.63, 3.8) is 0 Å². The minimum Gasteiger partial charge on any atom is -0.462 e. The molecule has 1 amide bonds. The van der Waals surface area contributed by atoms with Crippen LogP contribution in [0.4, 0.5) is 0 Å². The molecule has 0 aliphatic carbocycles. The molecule has 63 heavy (non-hydrogen) atoms. The van der Waals surface area contributed by atoms with E-state index in [1.807, 2.05) is 0 Å². The molecule has 0 saturated carbocycles. The maximum Gasteiger partial charge on any atom is 0.306 e. The number of aliphatic hydroxyl groups excluding tert-OH is 2. The Bertz CT molecular complexity index is 1130. The smallest absolute Gasteiger partial charge is 0.306 e. The van der Waals surface area contributed by atoms with Crippen LogP contribution in [0, 0.1) is 0 Å². The first-order valence-electron chi connectivity index (χ1n) is 27.0. The Hall–Kier alpha value is -2.44. The van der Waals surface area contributed by atoms with Crippen LogP contribution in [0.2, 0.25) is 0 Å². The Balaban J connectivity index is 4.54. The van der Waals surface area contributed by atoms with Crippen molar-refractivity contribution in [3.05, 3.63) is 60.8 Å². The predicted octanol–water partition coefficient (Wildman–Crippen LogP) is 16.4. The van der Waals surface area contributed by atoms with Gasteiger partial charge in [-0.3, -0.25) is 9.59 Å². The van der Waals surface area contributed by atoms with Gasteiger partial charge in [0.15, 0.2) is 0 Å². The second-order valence-electron chi connectivity index (χ2n) is 18.2. The van der Waals surface area contributed by atoms with Crippen molar-refractivity contribution in [2.75, 3.05) is 6.61 Å². The molecular formula is C57H103NO5. The van der Waals surface area contributed by atoms with Crippen molar-refractivity contribution in [1.82, 2.24) is 5.32 Å². The minimum absolute atomic E-state index is 0.0492. The Morgan fingerprint density at radius 1 is 0.476 bits per heavy atom. The lowest BCUT2D eigenvalue weighted by atomic mass is 10.0. The van der Waals surface area contributed by atoms with E-state index in [-0.39, 0.29) is 24.9 Å². The third kappa shape index (κ3) is 45.9. The van der Waals surface area contributed by atoms with Gasteiger partial charge in [0.25, 0.3) is 0 Å². The number of carbonyl (C=O) groups is 2. The predicted molar refractivity (Wildman–Crippen MR) is 273 cm³/mol. The molecule has 0 radical (unpaired) electrons. The molecule has 0 rings (SSSR count). The fourth-order valence-corrected chi connectivity index (χ4v) is 8.00. The molecule has 0 aliphatic heterocycles. The molecule has 0 spiro atoms. The Kier molecular flexibility index (Phi) is 48.6. The number of carbonyl (C=O) groups excluding carboxylic acids is 2. The number of ether oxygens (including phenoxy) is 1. The number of hydrogen-bond donors (Lipinski definition) is 3. The molecule has 0 aromatic carbocycles. The van der Waals surface area contributed by atoms with Crippen molar-refractivity contribution in [2.24, 2.45) is 0 Å². The number of aliphatic hydroxyl groups is 2. The second-order valence-corrected chi connectivity index (χ2v) is 18.2. The normalized spacial score (nSPS) is 13.7. The highest BCUT2D eigenvalue weighted by molar-refractivity contribution is 5.77. The lowest BCUT2D eigenvalue weighted by Gasteiger charge is -2.24. The summed E-state index contributed by atoms with van der Waals surface area (Å²) in [7, 11) is 0. The molecule has 0 aliphatic rings. The van der Waals surface area contributed by atoms with Crippen LogP contribution in [0.3, 0.4) is 0 Å². The summed E-state index contributed by atoms with van der Waals surface area (Å²) in [5, 5.41) is 23.8. The molecule has 3 N–H and O–H groups in total. The van der Waals surface area contributed by atoms with E-state index in [2.05, 4.69) is 86.8 Å². The van der Waals surface area contributed by atoms with Crippen LogP contribution in [0.5, 0.6) is 0 Å². The largest absolute Gasteiger partial charge is 0.462 e. The summed E-state index contributed by atoms with van der Waals surface area (Å²) in [5.74, 6) is -0.513. The Morgan fingerprint density at radius 3 is 1.35 bits per heavy atom. The molecule has 0 aromatic heterocycles. The SMILES string of the molecule is CC/C=C/C/C=C/C/C=C/CCCCC(CC(=O)NC(CO)C(O)CCCCCCCCCCCCCCC)OC(=O)CCCCCCCCCCC/C=C\C/C=C\CCCCC. The first-order valence-corrected chi connectivity index (χ1v) is 27.0. The van der Waals surface area contributed by atoms with Crippen molar-refractivity contribution in [2.45, 2.75) is 283 Å². The van der Waals surface area contributed by atoms with Gasteiger partial charge in [0.1, 0.15) is 6.10 Å². The van der Waals surface area contributed by atoms with Gasteiger partial charge in [-0.1, -0.05) is 223 Å². The van der Waals surface area contributed by atoms with Gasteiger partial charge in [0.05, 0.1) is 25.2 Å². The van der Waals surface area contributed by atoms with E-state index in [1.165, 1.54) is 135 Å². The number of hydrogen-bond acceptors (Lipinski definition) is 5. The van der Waals surface area contributed by atoms with Crippen LogP contribution in [0.1, 0.15) is 265 Å². The van der Waals surface area contributed by atoms with Crippen molar-refractivity contribution >= 4 is 11.9 Å². The molecule has 6 nitrogen and oxygen atoms in total.